The Kier molecular flexibility index (Phi) is 3.15. The number of hydrogen-bond donors (Lipinski definition) is 2. The van der Waals surface area contributed by atoms with Crippen molar-refractivity contribution in [3.63, 3.8) is 0 Å². The highest BCUT2D eigenvalue weighted by Gasteiger charge is 2.18. The van der Waals surface area contributed by atoms with Gasteiger partial charge in [0.05, 0.1) is 21.8 Å². The zero-order valence-electron chi connectivity index (χ0n) is 11.0. The third-order valence-electron chi connectivity index (χ3n) is 3.01. The van der Waals surface area contributed by atoms with Gasteiger partial charge in [-0.2, -0.15) is 5.26 Å². The Morgan fingerprint density at radius 3 is 2.73 bits per heavy atom. The Hall–Kier alpha value is -3.12. The summed E-state index contributed by atoms with van der Waals surface area (Å²) in [6.07, 6.45) is 0. The Bertz CT molecular complexity index is 1000. The Morgan fingerprint density at radius 1 is 1.18 bits per heavy atom. The zero-order valence-corrected chi connectivity index (χ0v) is 11.8. The molecule has 0 aliphatic carbocycles. The molecule has 0 saturated heterocycles. The molecule has 1 heterocycles. The van der Waals surface area contributed by atoms with E-state index in [0.29, 0.717) is 11.0 Å². The summed E-state index contributed by atoms with van der Waals surface area (Å²) < 4.78 is 31.7. The van der Waals surface area contributed by atoms with Crippen molar-refractivity contribution >= 4 is 32.4 Å². The predicted octanol–water partition coefficient (Wildman–Crippen LogP) is 1.48. The van der Waals surface area contributed by atoms with Gasteiger partial charge in [0.25, 0.3) is 10.0 Å². The maximum atomic E-state index is 12.4. The van der Waals surface area contributed by atoms with Gasteiger partial charge >= 0.3 is 0 Å². The van der Waals surface area contributed by atoms with Crippen molar-refractivity contribution in [3.05, 3.63) is 42.0 Å². The maximum absolute atomic E-state index is 12.4. The first kappa shape index (κ1) is 13.8. The van der Waals surface area contributed by atoms with Crippen molar-refractivity contribution in [3.8, 4) is 6.07 Å². The molecule has 8 nitrogen and oxygen atoms in total. The van der Waals surface area contributed by atoms with Crippen molar-refractivity contribution in [2.24, 2.45) is 0 Å². The molecule has 0 unspecified atom stereocenters. The van der Waals surface area contributed by atoms with E-state index in [-0.39, 0.29) is 21.8 Å². The second kappa shape index (κ2) is 5.01. The van der Waals surface area contributed by atoms with Crippen LogP contribution in [0.5, 0.6) is 0 Å². The number of anilines is 2. The molecule has 1 aromatic heterocycles. The number of nitrogens with two attached hydrogens (primary N) is 1. The molecule has 3 aromatic rings. The van der Waals surface area contributed by atoms with Crippen LogP contribution in [0.25, 0.3) is 11.0 Å². The summed E-state index contributed by atoms with van der Waals surface area (Å²) in [5, 5.41) is 16.1. The molecule has 3 rings (SSSR count). The molecule has 0 saturated carbocycles. The summed E-state index contributed by atoms with van der Waals surface area (Å²) in [7, 11) is -3.88. The molecule has 110 valence electrons. The van der Waals surface area contributed by atoms with Crippen molar-refractivity contribution in [1.29, 1.82) is 5.26 Å². The van der Waals surface area contributed by atoms with Gasteiger partial charge in [-0.05, 0) is 40.6 Å². The van der Waals surface area contributed by atoms with Gasteiger partial charge < -0.3 is 5.73 Å². The van der Waals surface area contributed by atoms with E-state index >= 15 is 0 Å². The van der Waals surface area contributed by atoms with E-state index in [1.807, 2.05) is 6.07 Å². The number of benzene rings is 2. The SMILES string of the molecule is N#Cc1cccc(NS(=O)(=O)c2ccc3nonc3c2)c1N. The molecular weight excluding hydrogens is 306 g/mol. The average molecular weight is 315 g/mol. The van der Waals surface area contributed by atoms with E-state index in [0.717, 1.165) is 0 Å². The lowest BCUT2D eigenvalue weighted by atomic mass is 10.2. The maximum Gasteiger partial charge on any atom is 0.262 e. The lowest BCUT2D eigenvalue weighted by molar-refractivity contribution is 0.315. The van der Waals surface area contributed by atoms with E-state index in [2.05, 4.69) is 19.7 Å². The van der Waals surface area contributed by atoms with Crippen LogP contribution in [0, 0.1) is 11.3 Å². The monoisotopic (exact) mass is 315 g/mol. The zero-order chi connectivity index (χ0) is 15.7. The third kappa shape index (κ3) is 2.32. The average Bonchev–Trinajstić information content (AvgIpc) is 2.96. The second-order valence-electron chi connectivity index (χ2n) is 4.40. The molecule has 0 amide bonds. The van der Waals surface area contributed by atoms with Crippen molar-refractivity contribution < 1.29 is 13.0 Å². The Morgan fingerprint density at radius 2 is 1.95 bits per heavy atom. The number of nitriles is 1. The van der Waals surface area contributed by atoms with Crippen LogP contribution >= 0.6 is 0 Å². The highest BCUT2D eigenvalue weighted by Crippen LogP contribution is 2.25. The number of hydrogen-bond acceptors (Lipinski definition) is 7. The molecule has 0 aliphatic heterocycles. The summed E-state index contributed by atoms with van der Waals surface area (Å²) in [5.74, 6) is 0. The predicted molar refractivity (Wildman–Crippen MR) is 78.2 cm³/mol. The highest BCUT2D eigenvalue weighted by atomic mass is 32.2. The Balaban J connectivity index is 2.02. The van der Waals surface area contributed by atoms with E-state index in [9.17, 15) is 8.42 Å². The Labute approximate surface area is 125 Å². The summed E-state index contributed by atoms with van der Waals surface area (Å²) in [6, 6.07) is 10.6. The highest BCUT2D eigenvalue weighted by molar-refractivity contribution is 7.92. The van der Waals surface area contributed by atoms with Gasteiger partial charge in [-0.15, -0.1) is 0 Å². The van der Waals surface area contributed by atoms with Crippen LogP contribution in [0.3, 0.4) is 0 Å². The van der Waals surface area contributed by atoms with E-state index in [1.54, 1.807) is 0 Å². The van der Waals surface area contributed by atoms with Crippen LogP contribution in [-0.2, 0) is 10.0 Å². The fourth-order valence-corrected chi connectivity index (χ4v) is 2.98. The number of sulfonamides is 1. The number of nitrogens with zero attached hydrogens (tertiary/aromatic N) is 3. The molecule has 9 heteroatoms. The largest absolute Gasteiger partial charge is 0.396 e. The first-order valence-electron chi connectivity index (χ1n) is 6.05. The van der Waals surface area contributed by atoms with Crippen molar-refractivity contribution in [1.82, 2.24) is 10.3 Å². The van der Waals surface area contributed by atoms with Crippen LogP contribution in [0.4, 0.5) is 11.4 Å². The minimum Gasteiger partial charge on any atom is -0.396 e. The van der Waals surface area contributed by atoms with Gasteiger partial charge in [0, 0.05) is 0 Å². The lowest BCUT2D eigenvalue weighted by Crippen LogP contribution is -2.14. The second-order valence-corrected chi connectivity index (χ2v) is 6.08. The van der Waals surface area contributed by atoms with Crippen LogP contribution in [0.2, 0.25) is 0 Å². The lowest BCUT2D eigenvalue weighted by Gasteiger charge is -2.10. The van der Waals surface area contributed by atoms with Gasteiger partial charge in [-0.25, -0.2) is 13.0 Å². The first-order chi connectivity index (χ1) is 10.5. The van der Waals surface area contributed by atoms with Crippen LogP contribution in [0.15, 0.2) is 45.9 Å². The summed E-state index contributed by atoms with van der Waals surface area (Å²) in [6.45, 7) is 0. The van der Waals surface area contributed by atoms with E-state index in [1.165, 1.54) is 36.4 Å². The number of nitrogens with one attached hydrogen (secondary N) is 1. The molecule has 0 fully saturated rings. The van der Waals surface area contributed by atoms with E-state index in [4.69, 9.17) is 11.0 Å². The standard InChI is InChI=1S/C13H9N5O3S/c14-7-8-2-1-3-11(13(8)15)18-22(19,20)9-4-5-10-12(6-9)17-21-16-10/h1-6,18H,15H2. The number of para-hydroxylation sites is 1. The normalized spacial score (nSPS) is 11.2. The smallest absolute Gasteiger partial charge is 0.262 e. The molecule has 0 bridgehead atoms. The number of aromatic nitrogens is 2. The third-order valence-corrected chi connectivity index (χ3v) is 4.37. The molecule has 0 spiro atoms. The molecular formula is C13H9N5O3S. The van der Waals surface area contributed by atoms with Crippen molar-refractivity contribution in [2.45, 2.75) is 4.90 Å². The molecule has 0 atom stereocenters. The quantitative estimate of drug-likeness (QED) is 0.699. The van der Waals surface area contributed by atoms with Crippen LogP contribution < -0.4 is 10.5 Å². The van der Waals surface area contributed by atoms with Gasteiger partial charge in [-0.3, -0.25) is 4.72 Å². The van der Waals surface area contributed by atoms with Gasteiger partial charge in [0.1, 0.15) is 17.1 Å². The van der Waals surface area contributed by atoms with Gasteiger partial charge in [0.2, 0.25) is 0 Å². The van der Waals surface area contributed by atoms with E-state index < -0.39 is 10.0 Å². The number of nitrogen functional groups attached to an aromatic ring is 1. The molecule has 0 aliphatic rings. The fourth-order valence-electron chi connectivity index (χ4n) is 1.88. The van der Waals surface area contributed by atoms with Crippen LogP contribution in [0.1, 0.15) is 5.56 Å². The van der Waals surface area contributed by atoms with Crippen LogP contribution in [-0.4, -0.2) is 18.7 Å². The first-order valence-corrected chi connectivity index (χ1v) is 7.53. The van der Waals surface area contributed by atoms with Gasteiger partial charge in [-0.1, -0.05) is 6.07 Å². The summed E-state index contributed by atoms with van der Waals surface area (Å²) in [4.78, 5) is -0.0162. The molecule has 0 radical (unpaired) electrons. The van der Waals surface area contributed by atoms with Crippen molar-refractivity contribution in [2.75, 3.05) is 10.5 Å². The number of rotatable bonds is 3. The summed E-state index contributed by atoms with van der Waals surface area (Å²) >= 11 is 0. The topological polar surface area (TPSA) is 135 Å². The minimum atomic E-state index is -3.88. The van der Waals surface area contributed by atoms with Gasteiger partial charge in [0.15, 0.2) is 0 Å². The summed E-state index contributed by atoms with van der Waals surface area (Å²) in [5.41, 5.74) is 6.93. The molecule has 2 aromatic carbocycles. The molecule has 22 heavy (non-hydrogen) atoms. The molecule has 3 N–H and O–H groups in total. The fraction of sp³-hybridized carbons (Fsp3) is 0. The number of fused-ring (bicyclic) bond motifs is 1. The minimum absolute atomic E-state index is 0.0162.